The van der Waals surface area contributed by atoms with Gasteiger partial charge in [0.05, 0.1) is 12.0 Å². The highest BCUT2D eigenvalue weighted by molar-refractivity contribution is 14.1. The van der Waals surface area contributed by atoms with E-state index >= 15 is 0 Å². The maximum absolute atomic E-state index is 4.37. The quantitative estimate of drug-likeness (QED) is 0.606. The SMILES string of the molecule is CN1N=C(I)C2C=CC=CC21. The van der Waals surface area contributed by atoms with Crippen molar-refractivity contribution in [2.24, 2.45) is 11.0 Å². The van der Waals surface area contributed by atoms with Gasteiger partial charge in [0.2, 0.25) is 0 Å². The van der Waals surface area contributed by atoms with E-state index in [2.05, 4.69) is 52.0 Å². The smallest absolute Gasteiger partial charge is 0.108 e. The molecule has 58 valence electrons. The molecular weight excluding hydrogens is 251 g/mol. The third kappa shape index (κ3) is 1.11. The maximum Gasteiger partial charge on any atom is 0.108 e. The molecule has 0 fully saturated rings. The van der Waals surface area contributed by atoms with Gasteiger partial charge in [0.15, 0.2) is 0 Å². The molecule has 0 aromatic heterocycles. The highest BCUT2D eigenvalue weighted by Gasteiger charge is 2.31. The van der Waals surface area contributed by atoms with Crippen LogP contribution in [0.15, 0.2) is 29.4 Å². The van der Waals surface area contributed by atoms with Crippen molar-refractivity contribution in [3.8, 4) is 0 Å². The molecule has 0 saturated heterocycles. The first-order chi connectivity index (χ1) is 5.29. The highest BCUT2D eigenvalue weighted by atomic mass is 127. The van der Waals surface area contributed by atoms with Crippen LogP contribution >= 0.6 is 22.6 Å². The van der Waals surface area contributed by atoms with E-state index in [1.165, 1.54) is 3.72 Å². The maximum atomic E-state index is 4.37. The van der Waals surface area contributed by atoms with Crippen LogP contribution in [0.4, 0.5) is 0 Å². The van der Waals surface area contributed by atoms with Gasteiger partial charge in [-0.25, -0.2) is 0 Å². The molecule has 0 N–H and O–H groups in total. The number of rotatable bonds is 0. The second kappa shape index (κ2) is 2.62. The standard InChI is InChI=1S/C8H9IN2/c1-11-7-5-3-2-4-6(7)8(9)10-11/h2-7H,1H3. The van der Waals surface area contributed by atoms with Crippen molar-refractivity contribution in [2.75, 3.05) is 7.05 Å². The number of likely N-dealkylation sites (N-methyl/N-ethyl adjacent to an activating group) is 1. The van der Waals surface area contributed by atoms with E-state index in [1.807, 2.05) is 12.1 Å². The van der Waals surface area contributed by atoms with Crippen molar-refractivity contribution in [3.05, 3.63) is 24.3 Å². The molecule has 2 atom stereocenters. The van der Waals surface area contributed by atoms with Crippen LogP contribution in [0.1, 0.15) is 0 Å². The second-order valence-electron chi connectivity index (χ2n) is 2.78. The van der Waals surface area contributed by atoms with Crippen molar-refractivity contribution in [2.45, 2.75) is 6.04 Å². The summed E-state index contributed by atoms with van der Waals surface area (Å²) >= 11 is 2.30. The Hall–Kier alpha value is -0.320. The zero-order chi connectivity index (χ0) is 7.84. The van der Waals surface area contributed by atoms with Gasteiger partial charge in [0.1, 0.15) is 3.72 Å². The molecule has 1 aliphatic carbocycles. The molecule has 2 nitrogen and oxygen atoms in total. The molecule has 0 aromatic rings. The summed E-state index contributed by atoms with van der Waals surface area (Å²) in [7, 11) is 2.02. The summed E-state index contributed by atoms with van der Waals surface area (Å²) in [5.41, 5.74) is 0. The molecule has 0 amide bonds. The molecule has 11 heavy (non-hydrogen) atoms. The molecule has 1 aliphatic heterocycles. The molecular formula is C8H9IN2. The number of hydrazone groups is 1. The molecule has 0 aromatic carbocycles. The summed E-state index contributed by atoms with van der Waals surface area (Å²) in [6.45, 7) is 0. The molecule has 2 rings (SSSR count). The van der Waals surface area contributed by atoms with Gasteiger partial charge in [-0.05, 0) is 22.6 Å². The number of nitrogens with zero attached hydrogens (tertiary/aromatic N) is 2. The lowest BCUT2D eigenvalue weighted by molar-refractivity contribution is 0.307. The van der Waals surface area contributed by atoms with Gasteiger partial charge in [-0.2, -0.15) is 5.10 Å². The van der Waals surface area contributed by atoms with Gasteiger partial charge in [-0.1, -0.05) is 24.3 Å². The zero-order valence-corrected chi connectivity index (χ0v) is 8.39. The fourth-order valence-electron chi connectivity index (χ4n) is 1.46. The van der Waals surface area contributed by atoms with Crippen LogP contribution < -0.4 is 0 Å². The Morgan fingerprint density at radius 2 is 2.18 bits per heavy atom. The van der Waals surface area contributed by atoms with Crippen LogP contribution in [0.5, 0.6) is 0 Å². The highest BCUT2D eigenvalue weighted by Crippen LogP contribution is 2.28. The number of allylic oxidation sites excluding steroid dienone is 2. The summed E-state index contributed by atoms with van der Waals surface area (Å²) in [6, 6.07) is 0.465. The van der Waals surface area contributed by atoms with Crippen LogP contribution in [0.3, 0.4) is 0 Å². The lowest BCUT2D eigenvalue weighted by atomic mass is 9.97. The Labute approximate surface area is 79.8 Å². The minimum Gasteiger partial charge on any atom is -0.291 e. The van der Waals surface area contributed by atoms with Gasteiger partial charge in [-0.3, -0.25) is 5.01 Å². The van der Waals surface area contributed by atoms with Gasteiger partial charge in [-0.15, -0.1) is 0 Å². The predicted octanol–water partition coefficient (Wildman–Crippen LogP) is 1.79. The van der Waals surface area contributed by atoms with Crippen LogP contribution in [0.2, 0.25) is 0 Å². The Balaban J connectivity index is 2.31. The van der Waals surface area contributed by atoms with Crippen LogP contribution in [0, 0.1) is 5.92 Å². The minimum atomic E-state index is 0.465. The third-order valence-electron chi connectivity index (χ3n) is 2.07. The van der Waals surface area contributed by atoms with Gasteiger partial charge >= 0.3 is 0 Å². The van der Waals surface area contributed by atoms with Gasteiger partial charge in [0.25, 0.3) is 0 Å². The van der Waals surface area contributed by atoms with E-state index in [1.54, 1.807) is 0 Å². The molecule has 3 heteroatoms. The number of hydrogen-bond donors (Lipinski definition) is 0. The van der Waals surface area contributed by atoms with E-state index in [0.29, 0.717) is 12.0 Å². The van der Waals surface area contributed by atoms with Crippen molar-refractivity contribution in [3.63, 3.8) is 0 Å². The predicted molar refractivity (Wildman–Crippen MR) is 54.8 cm³/mol. The first-order valence-corrected chi connectivity index (χ1v) is 4.69. The van der Waals surface area contributed by atoms with Crippen LogP contribution in [-0.4, -0.2) is 21.8 Å². The molecule has 0 spiro atoms. The summed E-state index contributed by atoms with van der Waals surface area (Å²) in [5, 5.41) is 6.39. The Bertz CT molecular complexity index is 255. The third-order valence-corrected chi connectivity index (χ3v) is 3.00. The van der Waals surface area contributed by atoms with Crippen molar-refractivity contribution in [1.82, 2.24) is 5.01 Å². The molecule has 0 radical (unpaired) electrons. The Kier molecular flexibility index (Phi) is 1.75. The van der Waals surface area contributed by atoms with Crippen LogP contribution in [-0.2, 0) is 0 Å². The first-order valence-electron chi connectivity index (χ1n) is 3.61. The average Bonchev–Trinajstić information content (AvgIpc) is 2.30. The van der Waals surface area contributed by atoms with E-state index in [4.69, 9.17) is 0 Å². The van der Waals surface area contributed by atoms with E-state index in [-0.39, 0.29) is 0 Å². The minimum absolute atomic E-state index is 0.465. The van der Waals surface area contributed by atoms with E-state index < -0.39 is 0 Å². The van der Waals surface area contributed by atoms with Crippen LogP contribution in [0.25, 0.3) is 0 Å². The summed E-state index contributed by atoms with van der Waals surface area (Å²) in [6.07, 6.45) is 8.58. The molecule has 2 aliphatic rings. The summed E-state index contributed by atoms with van der Waals surface area (Å²) in [4.78, 5) is 0. The van der Waals surface area contributed by atoms with Gasteiger partial charge < -0.3 is 0 Å². The second-order valence-corrected chi connectivity index (χ2v) is 3.89. The van der Waals surface area contributed by atoms with Gasteiger partial charge in [0, 0.05) is 7.05 Å². The Morgan fingerprint density at radius 1 is 1.45 bits per heavy atom. The molecule has 1 heterocycles. The fourth-order valence-corrected chi connectivity index (χ4v) is 2.37. The van der Waals surface area contributed by atoms with Crippen molar-refractivity contribution >= 4 is 26.3 Å². The number of hydrogen-bond acceptors (Lipinski definition) is 2. The summed E-state index contributed by atoms with van der Waals surface area (Å²) in [5.74, 6) is 0.505. The number of halogens is 1. The zero-order valence-electron chi connectivity index (χ0n) is 6.24. The van der Waals surface area contributed by atoms with Crippen molar-refractivity contribution < 1.29 is 0 Å². The summed E-state index contributed by atoms with van der Waals surface area (Å²) < 4.78 is 1.19. The average molecular weight is 260 g/mol. The largest absolute Gasteiger partial charge is 0.291 e. The molecule has 0 saturated carbocycles. The molecule has 0 bridgehead atoms. The fraction of sp³-hybridized carbons (Fsp3) is 0.375. The monoisotopic (exact) mass is 260 g/mol. The Morgan fingerprint density at radius 3 is 2.91 bits per heavy atom. The molecule has 2 unspecified atom stereocenters. The van der Waals surface area contributed by atoms with Crippen molar-refractivity contribution in [1.29, 1.82) is 0 Å². The first kappa shape index (κ1) is 7.34. The van der Waals surface area contributed by atoms with E-state index in [9.17, 15) is 0 Å². The number of fused-ring (bicyclic) bond motifs is 1. The lowest BCUT2D eigenvalue weighted by Crippen LogP contribution is -2.27. The topological polar surface area (TPSA) is 15.6 Å². The lowest BCUT2D eigenvalue weighted by Gasteiger charge is -2.20. The van der Waals surface area contributed by atoms with E-state index in [0.717, 1.165) is 0 Å². The normalized spacial score (nSPS) is 34.0.